The number of carboxylic acid groups (broad SMARTS) is 1. The molecule has 0 spiro atoms. The summed E-state index contributed by atoms with van der Waals surface area (Å²) in [5, 5.41) is 10.5. The molecule has 0 aromatic heterocycles. The number of carboxylic acids is 1. The van der Waals surface area contributed by atoms with Crippen LogP contribution in [-0.4, -0.2) is 30.7 Å². The Labute approximate surface area is 53.5 Å². The molecule has 9 heavy (non-hydrogen) atoms. The predicted octanol–water partition coefficient (Wildman–Crippen LogP) is -1.14. The van der Waals surface area contributed by atoms with Crippen LogP contribution >= 0.6 is 0 Å². The third-order valence-electron chi connectivity index (χ3n) is 0.785. The lowest BCUT2D eigenvalue weighted by molar-refractivity contribution is -0.138. The second kappa shape index (κ2) is 4.08. The second-order valence-electron chi connectivity index (χ2n) is 1.53. The summed E-state index contributed by atoms with van der Waals surface area (Å²) < 4.78 is 0. The monoisotopic (exact) mass is 128 g/mol. The van der Waals surface area contributed by atoms with E-state index in [4.69, 9.17) is 5.11 Å². The van der Waals surface area contributed by atoms with Gasteiger partial charge in [-0.15, -0.1) is 0 Å². The first-order valence-electron chi connectivity index (χ1n) is 2.44. The molecule has 1 radical (unpaired) electrons. The lowest BCUT2D eigenvalue weighted by atomic mass is 9.97. The molecule has 0 aliphatic rings. The van der Waals surface area contributed by atoms with E-state index in [9.17, 15) is 9.59 Å². The highest BCUT2D eigenvalue weighted by Gasteiger charge is 2.07. The van der Waals surface area contributed by atoms with Gasteiger partial charge in [0.2, 0.25) is 0 Å². The van der Waals surface area contributed by atoms with E-state index < -0.39 is 12.0 Å². The molecule has 49 valence electrons. The molecule has 0 unspecified atom stereocenters. The van der Waals surface area contributed by atoms with Crippen LogP contribution in [0.15, 0.2) is 0 Å². The van der Waals surface area contributed by atoms with Gasteiger partial charge in [-0.05, 0) is 6.92 Å². The molecular formula is C4H7BNO3. The second-order valence-corrected chi connectivity index (χ2v) is 1.53. The van der Waals surface area contributed by atoms with Crippen molar-refractivity contribution in [3.8, 4) is 0 Å². The van der Waals surface area contributed by atoms with Gasteiger partial charge in [0, 0.05) is 0 Å². The highest BCUT2D eigenvalue weighted by Crippen LogP contribution is 1.75. The normalized spacial score (nSPS) is 12.1. The van der Waals surface area contributed by atoms with Gasteiger partial charge >= 0.3 is 5.97 Å². The molecular weight excluding hydrogens is 121 g/mol. The molecule has 0 bridgehead atoms. The topological polar surface area (TPSA) is 66.4 Å². The van der Waals surface area contributed by atoms with Gasteiger partial charge in [-0.25, -0.2) is 0 Å². The van der Waals surface area contributed by atoms with E-state index in [0.717, 1.165) is 7.41 Å². The maximum absolute atomic E-state index is 10.0. The first-order valence-corrected chi connectivity index (χ1v) is 2.44. The first kappa shape index (κ1) is 8.16. The van der Waals surface area contributed by atoms with E-state index in [0.29, 0.717) is 6.19 Å². The molecule has 0 aliphatic heterocycles. The zero-order valence-corrected chi connectivity index (χ0v) is 5.00. The molecule has 0 fully saturated rings. The van der Waals surface area contributed by atoms with Gasteiger partial charge in [0.1, 0.15) is 0 Å². The summed E-state index contributed by atoms with van der Waals surface area (Å²) in [5.74, 6) is -0.979. The average Bonchev–Trinajstić information content (AvgIpc) is 1.82. The van der Waals surface area contributed by atoms with Gasteiger partial charge in [0.05, 0.1) is 12.2 Å². The van der Waals surface area contributed by atoms with Crippen LogP contribution < -0.4 is 5.23 Å². The number of carbonyl (C=O) groups excluding carboxylic acids is 1. The van der Waals surface area contributed by atoms with Crippen LogP contribution in [0.3, 0.4) is 0 Å². The molecule has 4 nitrogen and oxygen atoms in total. The minimum atomic E-state index is -0.979. The molecule has 0 aromatic carbocycles. The number of hydrogen-bond donors (Lipinski definition) is 2. The first-order chi connectivity index (χ1) is 4.18. The largest absolute Gasteiger partial charge is 0.480 e. The summed E-state index contributed by atoms with van der Waals surface area (Å²) >= 11 is 0. The number of carbonyl (C=O) groups is 2. The van der Waals surface area contributed by atoms with Crippen molar-refractivity contribution in [1.29, 1.82) is 0 Å². The smallest absolute Gasteiger partial charge is 0.319 e. The Hall–Kier alpha value is -0.835. The van der Waals surface area contributed by atoms with Crippen molar-refractivity contribution >= 4 is 19.6 Å². The lowest BCUT2D eigenvalue weighted by Gasteiger charge is -2.02. The van der Waals surface area contributed by atoms with Crippen molar-refractivity contribution in [2.75, 3.05) is 0 Å². The fourth-order valence-corrected chi connectivity index (χ4v) is 0.255. The van der Waals surface area contributed by atoms with E-state index in [1.807, 2.05) is 0 Å². The average molecular weight is 128 g/mol. The van der Waals surface area contributed by atoms with Crippen LogP contribution in [0.4, 0.5) is 0 Å². The van der Waals surface area contributed by atoms with Crippen molar-refractivity contribution < 1.29 is 14.7 Å². The van der Waals surface area contributed by atoms with Gasteiger partial charge < -0.3 is 15.1 Å². The lowest BCUT2D eigenvalue weighted by Crippen LogP contribution is -2.36. The Balaban J connectivity index is 3.37. The van der Waals surface area contributed by atoms with Crippen LogP contribution in [0.5, 0.6) is 0 Å². The Bertz CT molecular complexity index is 116. The predicted molar refractivity (Wildman–Crippen MR) is 32.7 cm³/mol. The van der Waals surface area contributed by atoms with E-state index in [2.05, 4.69) is 5.23 Å². The summed E-state index contributed by atoms with van der Waals surface area (Å²) in [6.45, 7) is 1.45. The summed E-state index contributed by atoms with van der Waals surface area (Å²) in [6, 6.07) is -0.699. The summed E-state index contributed by atoms with van der Waals surface area (Å²) in [7, 11) is 1.05. The Morgan fingerprint density at radius 2 is 2.44 bits per heavy atom. The molecule has 2 N–H and O–H groups in total. The zero-order chi connectivity index (χ0) is 7.28. The molecule has 5 heteroatoms. The van der Waals surface area contributed by atoms with E-state index >= 15 is 0 Å². The quantitative estimate of drug-likeness (QED) is 0.370. The van der Waals surface area contributed by atoms with Crippen molar-refractivity contribution in [3.05, 3.63) is 0 Å². The Morgan fingerprint density at radius 1 is 1.89 bits per heavy atom. The maximum Gasteiger partial charge on any atom is 0.319 e. The Kier molecular flexibility index (Phi) is 3.71. The van der Waals surface area contributed by atoms with Crippen LogP contribution in [0.25, 0.3) is 0 Å². The van der Waals surface area contributed by atoms with Crippen molar-refractivity contribution in [2.45, 2.75) is 13.0 Å². The highest BCUT2D eigenvalue weighted by atomic mass is 16.4. The van der Waals surface area contributed by atoms with Gasteiger partial charge in [-0.1, -0.05) is 0 Å². The third-order valence-corrected chi connectivity index (χ3v) is 0.785. The summed E-state index contributed by atoms with van der Waals surface area (Å²) in [4.78, 5) is 19.6. The minimum absolute atomic E-state index is 0.499. The van der Waals surface area contributed by atoms with Crippen LogP contribution in [-0.2, 0) is 9.59 Å². The van der Waals surface area contributed by atoms with Gasteiger partial charge in [0.25, 0.3) is 7.41 Å². The number of hydrogen-bond acceptors (Lipinski definition) is 3. The van der Waals surface area contributed by atoms with Crippen LogP contribution in [0.1, 0.15) is 6.92 Å². The molecule has 0 amide bonds. The van der Waals surface area contributed by atoms with E-state index in [1.165, 1.54) is 6.92 Å². The molecule has 0 aliphatic carbocycles. The maximum atomic E-state index is 10.0. The number of nitrogens with one attached hydrogen (secondary N) is 1. The number of rotatable bonds is 4. The minimum Gasteiger partial charge on any atom is -0.480 e. The van der Waals surface area contributed by atoms with Gasteiger partial charge in [0.15, 0.2) is 0 Å². The SMILES string of the molecule is C[C@H](N[B]C=O)C(=O)O. The molecule has 0 saturated heterocycles. The fourth-order valence-electron chi connectivity index (χ4n) is 0.255. The fraction of sp³-hybridized carbons (Fsp3) is 0.500. The van der Waals surface area contributed by atoms with E-state index in [1.54, 1.807) is 0 Å². The molecule has 1 atom stereocenters. The van der Waals surface area contributed by atoms with Crippen molar-refractivity contribution in [3.63, 3.8) is 0 Å². The molecule has 0 heterocycles. The standard InChI is InChI=1S/C4H7BNO3/c1-3(4(8)9)6-5-2-7/h2-3,6H,1H3,(H,8,9)/t3-/m0/s1. The molecule has 0 aromatic rings. The molecule has 0 saturated carbocycles. The van der Waals surface area contributed by atoms with Gasteiger partial charge in [-0.2, -0.15) is 0 Å². The van der Waals surface area contributed by atoms with Crippen LogP contribution in [0, 0.1) is 0 Å². The van der Waals surface area contributed by atoms with E-state index in [-0.39, 0.29) is 0 Å². The van der Waals surface area contributed by atoms with Gasteiger partial charge in [-0.3, -0.25) is 4.79 Å². The zero-order valence-electron chi connectivity index (χ0n) is 5.00. The highest BCUT2D eigenvalue weighted by molar-refractivity contribution is 6.64. The van der Waals surface area contributed by atoms with Crippen LogP contribution in [0.2, 0.25) is 0 Å². The Morgan fingerprint density at radius 3 is 2.78 bits per heavy atom. The summed E-state index contributed by atoms with van der Waals surface area (Å²) in [6.07, 6.45) is 0.499. The third kappa shape index (κ3) is 3.72. The van der Waals surface area contributed by atoms with Crippen molar-refractivity contribution in [1.82, 2.24) is 5.23 Å². The molecule has 0 rings (SSSR count). The summed E-state index contributed by atoms with van der Waals surface area (Å²) in [5.41, 5.74) is 0. The number of aliphatic carboxylic acids is 1. The van der Waals surface area contributed by atoms with Crippen molar-refractivity contribution in [2.24, 2.45) is 0 Å².